The van der Waals surface area contributed by atoms with Gasteiger partial charge < -0.3 is 10.6 Å². The zero-order valence-corrected chi connectivity index (χ0v) is 12.1. The van der Waals surface area contributed by atoms with Crippen molar-refractivity contribution in [3.8, 4) is 0 Å². The third-order valence-corrected chi connectivity index (χ3v) is 2.97. The fourth-order valence-corrected chi connectivity index (χ4v) is 1.69. The molecule has 0 spiro atoms. The van der Waals surface area contributed by atoms with E-state index in [-0.39, 0.29) is 11.9 Å². The van der Waals surface area contributed by atoms with Crippen molar-refractivity contribution in [3.63, 3.8) is 0 Å². The zero-order valence-electron chi connectivity index (χ0n) is 12.1. The summed E-state index contributed by atoms with van der Waals surface area (Å²) >= 11 is 0. The smallest absolute Gasteiger partial charge is 0.236 e. The fraction of sp³-hybridized carbons (Fsp3) is 0.600. The van der Waals surface area contributed by atoms with Crippen LogP contribution in [0.1, 0.15) is 32.9 Å². The van der Waals surface area contributed by atoms with Crippen LogP contribution in [0.5, 0.6) is 0 Å². The van der Waals surface area contributed by atoms with Crippen molar-refractivity contribution in [2.24, 2.45) is 5.92 Å². The van der Waals surface area contributed by atoms with Gasteiger partial charge in [-0.3, -0.25) is 9.78 Å². The van der Waals surface area contributed by atoms with Crippen LogP contribution in [0.15, 0.2) is 24.4 Å². The highest BCUT2D eigenvalue weighted by Crippen LogP contribution is 1.97. The van der Waals surface area contributed by atoms with Crippen LogP contribution in [-0.4, -0.2) is 30.0 Å². The van der Waals surface area contributed by atoms with Crippen molar-refractivity contribution < 1.29 is 4.79 Å². The van der Waals surface area contributed by atoms with Gasteiger partial charge >= 0.3 is 0 Å². The predicted molar refractivity (Wildman–Crippen MR) is 77.9 cm³/mol. The van der Waals surface area contributed by atoms with Gasteiger partial charge in [0.05, 0.1) is 6.04 Å². The topological polar surface area (TPSA) is 54.0 Å². The van der Waals surface area contributed by atoms with Gasteiger partial charge in [-0.05, 0) is 31.4 Å². The van der Waals surface area contributed by atoms with Crippen molar-refractivity contribution >= 4 is 5.91 Å². The van der Waals surface area contributed by atoms with Crippen LogP contribution in [0.3, 0.4) is 0 Å². The van der Waals surface area contributed by atoms with E-state index >= 15 is 0 Å². The summed E-state index contributed by atoms with van der Waals surface area (Å²) in [6.45, 7) is 7.71. The molecule has 0 saturated carbocycles. The lowest BCUT2D eigenvalue weighted by Gasteiger charge is -2.14. The Kier molecular flexibility index (Phi) is 7.11. The van der Waals surface area contributed by atoms with Crippen molar-refractivity contribution in [2.75, 3.05) is 13.1 Å². The summed E-state index contributed by atoms with van der Waals surface area (Å²) < 4.78 is 0. The average molecular weight is 263 g/mol. The number of pyridine rings is 1. The lowest BCUT2D eigenvalue weighted by atomic mass is 10.1. The molecule has 0 aliphatic heterocycles. The molecule has 4 heteroatoms. The molecule has 0 radical (unpaired) electrons. The number of carbonyl (C=O) groups is 1. The van der Waals surface area contributed by atoms with Crippen LogP contribution in [0.25, 0.3) is 0 Å². The average Bonchev–Trinajstić information content (AvgIpc) is 2.39. The van der Waals surface area contributed by atoms with Gasteiger partial charge in [-0.2, -0.15) is 0 Å². The second-order valence-corrected chi connectivity index (χ2v) is 5.22. The Bertz CT molecular complexity index is 365. The summed E-state index contributed by atoms with van der Waals surface area (Å²) in [5.74, 6) is 0.689. The normalized spacial score (nSPS) is 12.4. The van der Waals surface area contributed by atoms with Crippen LogP contribution in [-0.2, 0) is 11.2 Å². The molecular formula is C15H25N3O. The molecule has 0 aliphatic carbocycles. The van der Waals surface area contributed by atoms with Crippen molar-refractivity contribution in [2.45, 2.75) is 39.7 Å². The first-order chi connectivity index (χ1) is 9.09. The highest BCUT2D eigenvalue weighted by atomic mass is 16.2. The van der Waals surface area contributed by atoms with E-state index in [2.05, 4.69) is 29.5 Å². The summed E-state index contributed by atoms with van der Waals surface area (Å²) in [4.78, 5) is 16.0. The van der Waals surface area contributed by atoms with Crippen LogP contribution < -0.4 is 10.6 Å². The second kappa shape index (κ2) is 8.64. The van der Waals surface area contributed by atoms with E-state index < -0.39 is 0 Å². The Hall–Kier alpha value is -1.42. The van der Waals surface area contributed by atoms with E-state index in [1.165, 1.54) is 0 Å². The molecule has 19 heavy (non-hydrogen) atoms. The van der Waals surface area contributed by atoms with E-state index in [1.54, 1.807) is 6.20 Å². The largest absolute Gasteiger partial charge is 0.355 e. The lowest BCUT2D eigenvalue weighted by molar-refractivity contribution is -0.122. The van der Waals surface area contributed by atoms with Gasteiger partial charge in [0.1, 0.15) is 0 Å². The number of nitrogens with one attached hydrogen (secondary N) is 2. The van der Waals surface area contributed by atoms with Crippen molar-refractivity contribution in [1.29, 1.82) is 0 Å². The lowest BCUT2D eigenvalue weighted by Crippen LogP contribution is -2.43. The third-order valence-electron chi connectivity index (χ3n) is 2.97. The molecule has 0 fully saturated rings. The minimum absolute atomic E-state index is 0.0710. The molecule has 4 nitrogen and oxygen atoms in total. The number of rotatable bonds is 8. The molecule has 1 rings (SSSR count). The summed E-state index contributed by atoms with van der Waals surface area (Å²) in [6, 6.07) is 5.72. The summed E-state index contributed by atoms with van der Waals surface area (Å²) in [5.41, 5.74) is 1.04. The standard InChI is InChI=1S/C15H25N3O/c1-12(2)7-10-18-15(19)13(3)16-11-8-14-6-4-5-9-17-14/h4-6,9,12-13,16H,7-8,10-11H2,1-3H3,(H,18,19). The van der Waals surface area contributed by atoms with Gasteiger partial charge in [0.2, 0.25) is 5.91 Å². The van der Waals surface area contributed by atoms with Crippen molar-refractivity contribution in [3.05, 3.63) is 30.1 Å². The van der Waals surface area contributed by atoms with Crippen molar-refractivity contribution in [1.82, 2.24) is 15.6 Å². The van der Waals surface area contributed by atoms with Gasteiger partial charge in [0.15, 0.2) is 0 Å². The second-order valence-electron chi connectivity index (χ2n) is 5.22. The minimum Gasteiger partial charge on any atom is -0.355 e. The molecule has 1 atom stereocenters. The Morgan fingerprint density at radius 1 is 1.26 bits per heavy atom. The van der Waals surface area contributed by atoms with Gasteiger partial charge in [-0.1, -0.05) is 19.9 Å². The van der Waals surface area contributed by atoms with Crippen LogP contribution >= 0.6 is 0 Å². The molecule has 1 unspecified atom stereocenters. The van der Waals surface area contributed by atoms with Crippen LogP contribution in [0, 0.1) is 5.92 Å². The third kappa shape index (κ3) is 6.91. The number of nitrogens with zero attached hydrogens (tertiary/aromatic N) is 1. The number of amides is 1. The van der Waals surface area contributed by atoms with E-state index in [4.69, 9.17) is 0 Å². The molecule has 2 N–H and O–H groups in total. The van der Waals surface area contributed by atoms with Crippen LogP contribution in [0.2, 0.25) is 0 Å². The van der Waals surface area contributed by atoms with Gasteiger partial charge in [0.25, 0.3) is 0 Å². The van der Waals surface area contributed by atoms with Gasteiger partial charge in [-0.15, -0.1) is 0 Å². The number of hydrogen-bond donors (Lipinski definition) is 2. The maximum Gasteiger partial charge on any atom is 0.236 e. The molecule has 106 valence electrons. The van der Waals surface area contributed by atoms with Gasteiger partial charge in [0, 0.05) is 31.4 Å². The van der Waals surface area contributed by atoms with E-state index in [0.29, 0.717) is 5.92 Å². The van der Waals surface area contributed by atoms with Gasteiger partial charge in [-0.25, -0.2) is 0 Å². The first-order valence-electron chi connectivity index (χ1n) is 7.00. The molecule has 1 aromatic rings. The molecular weight excluding hydrogens is 238 g/mol. The first kappa shape index (κ1) is 15.6. The molecule has 0 saturated heterocycles. The molecule has 0 bridgehead atoms. The summed E-state index contributed by atoms with van der Waals surface area (Å²) in [6.07, 6.45) is 3.65. The number of hydrogen-bond acceptors (Lipinski definition) is 3. The Balaban J connectivity index is 2.16. The zero-order chi connectivity index (χ0) is 14.1. The van der Waals surface area contributed by atoms with E-state index in [1.807, 2.05) is 25.1 Å². The molecule has 0 aliphatic rings. The highest BCUT2D eigenvalue weighted by Gasteiger charge is 2.11. The minimum atomic E-state index is -0.157. The molecule has 1 amide bonds. The quantitative estimate of drug-likeness (QED) is 0.751. The van der Waals surface area contributed by atoms with E-state index in [9.17, 15) is 4.79 Å². The number of carbonyl (C=O) groups excluding carboxylic acids is 1. The summed E-state index contributed by atoms with van der Waals surface area (Å²) in [7, 11) is 0. The molecule has 1 aromatic heterocycles. The number of aromatic nitrogens is 1. The summed E-state index contributed by atoms with van der Waals surface area (Å²) in [5, 5.41) is 6.16. The Labute approximate surface area is 116 Å². The van der Waals surface area contributed by atoms with E-state index in [0.717, 1.165) is 31.6 Å². The predicted octanol–water partition coefficient (Wildman–Crippen LogP) is 1.76. The Morgan fingerprint density at radius 3 is 2.68 bits per heavy atom. The molecule has 1 heterocycles. The Morgan fingerprint density at radius 2 is 2.05 bits per heavy atom. The maximum atomic E-state index is 11.8. The SMILES string of the molecule is CC(C)CCNC(=O)C(C)NCCc1ccccn1. The monoisotopic (exact) mass is 263 g/mol. The highest BCUT2D eigenvalue weighted by molar-refractivity contribution is 5.81. The fourth-order valence-electron chi connectivity index (χ4n) is 1.69. The first-order valence-corrected chi connectivity index (χ1v) is 7.00. The molecule has 0 aromatic carbocycles. The maximum absolute atomic E-state index is 11.8. The van der Waals surface area contributed by atoms with Crippen LogP contribution in [0.4, 0.5) is 0 Å².